The van der Waals surface area contributed by atoms with Crippen molar-refractivity contribution in [1.82, 2.24) is 10.7 Å². The van der Waals surface area contributed by atoms with E-state index in [-0.39, 0.29) is 18.1 Å². The van der Waals surface area contributed by atoms with E-state index in [4.69, 9.17) is 0 Å². The summed E-state index contributed by atoms with van der Waals surface area (Å²) in [4.78, 5) is 35.5. The number of nitrogens with one attached hydrogen (secondary N) is 2. The van der Waals surface area contributed by atoms with E-state index >= 15 is 0 Å². The number of benzene rings is 3. The van der Waals surface area contributed by atoms with Crippen molar-refractivity contribution < 1.29 is 14.5 Å². The van der Waals surface area contributed by atoms with Gasteiger partial charge in [0, 0.05) is 17.7 Å². The van der Waals surface area contributed by atoms with E-state index < -0.39 is 16.7 Å². The van der Waals surface area contributed by atoms with Crippen molar-refractivity contribution in [2.45, 2.75) is 12.8 Å². The number of rotatable bonds is 8. The van der Waals surface area contributed by atoms with Crippen LogP contribution in [0.2, 0.25) is 0 Å². The van der Waals surface area contributed by atoms with Crippen LogP contribution in [0.25, 0.3) is 0 Å². The summed E-state index contributed by atoms with van der Waals surface area (Å²) < 4.78 is 0. The Kier molecular flexibility index (Phi) is 7.42. The van der Waals surface area contributed by atoms with E-state index in [1.165, 1.54) is 12.1 Å². The second-order valence-corrected chi connectivity index (χ2v) is 7.01. The number of nitrogens with zero attached hydrogens (tertiary/aromatic N) is 2. The van der Waals surface area contributed by atoms with Crippen molar-refractivity contribution in [2.75, 3.05) is 6.54 Å². The minimum absolute atomic E-state index is 0.0662. The van der Waals surface area contributed by atoms with Crippen LogP contribution in [0.4, 0.5) is 5.69 Å². The first-order valence-corrected chi connectivity index (χ1v) is 9.91. The van der Waals surface area contributed by atoms with Crippen molar-refractivity contribution in [3.05, 3.63) is 112 Å². The highest BCUT2D eigenvalue weighted by Gasteiger charge is 2.22. The SMILES string of the molecule is CC(=NNC(=O)CNC(=O)C(c1ccccc1)c1ccccc1)c1cccc([N+](=O)[O-])c1. The van der Waals surface area contributed by atoms with Crippen LogP contribution in [0, 0.1) is 10.1 Å². The molecule has 8 heteroatoms. The van der Waals surface area contributed by atoms with Gasteiger partial charge in [0.1, 0.15) is 0 Å². The molecule has 0 saturated heterocycles. The number of carbonyl (C=O) groups is 2. The predicted molar refractivity (Wildman–Crippen MR) is 121 cm³/mol. The molecule has 0 aliphatic heterocycles. The monoisotopic (exact) mass is 430 g/mol. The van der Waals surface area contributed by atoms with E-state index in [0.717, 1.165) is 11.1 Å². The zero-order valence-corrected chi connectivity index (χ0v) is 17.4. The normalized spacial score (nSPS) is 11.1. The van der Waals surface area contributed by atoms with Gasteiger partial charge in [0.2, 0.25) is 5.91 Å². The van der Waals surface area contributed by atoms with Crippen LogP contribution in [-0.4, -0.2) is 29.0 Å². The molecule has 3 aromatic carbocycles. The third-order valence-corrected chi connectivity index (χ3v) is 4.77. The van der Waals surface area contributed by atoms with Crippen molar-refractivity contribution in [3.8, 4) is 0 Å². The fourth-order valence-electron chi connectivity index (χ4n) is 3.15. The molecule has 0 heterocycles. The summed E-state index contributed by atoms with van der Waals surface area (Å²) in [7, 11) is 0. The molecule has 3 rings (SSSR count). The molecule has 8 nitrogen and oxygen atoms in total. The Morgan fingerprint density at radius 2 is 1.53 bits per heavy atom. The Bertz CT molecular complexity index is 1090. The van der Waals surface area contributed by atoms with Gasteiger partial charge in [-0.3, -0.25) is 19.7 Å². The molecule has 0 radical (unpaired) electrons. The topological polar surface area (TPSA) is 114 Å². The lowest BCUT2D eigenvalue weighted by Gasteiger charge is -2.17. The summed E-state index contributed by atoms with van der Waals surface area (Å²) in [5, 5.41) is 17.5. The molecule has 0 atom stereocenters. The molecule has 162 valence electrons. The third kappa shape index (κ3) is 5.85. The van der Waals surface area contributed by atoms with E-state index in [1.54, 1.807) is 19.1 Å². The van der Waals surface area contributed by atoms with E-state index in [2.05, 4.69) is 15.8 Å². The molecule has 0 aromatic heterocycles. The van der Waals surface area contributed by atoms with Gasteiger partial charge in [0.05, 0.1) is 23.1 Å². The molecule has 2 amide bonds. The zero-order chi connectivity index (χ0) is 22.9. The first kappa shape index (κ1) is 22.4. The molecular weight excluding hydrogens is 408 g/mol. The molecule has 0 aliphatic carbocycles. The molecule has 3 aromatic rings. The van der Waals surface area contributed by atoms with Gasteiger partial charge in [-0.2, -0.15) is 5.10 Å². The maximum atomic E-state index is 12.9. The molecular formula is C24H22N4O4. The summed E-state index contributed by atoms with van der Waals surface area (Å²) in [6.45, 7) is 1.36. The van der Waals surface area contributed by atoms with E-state index in [1.807, 2.05) is 60.7 Å². The summed E-state index contributed by atoms with van der Waals surface area (Å²) in [5.41, 5.74) is 4.85. The Morgan fingerprint density at radius 3 is 2.09 bits per heavy atom. The number of nitro groups is 1. The number of non-ortho nitro benzene ring substituents is 1. The highest BCUT2D eigenvalue weighted by Crippen LogP contribution is 2.24. The van der Waals surface area contributed by atoms with Gasteiger partial charge in [0.25, 0.3) is 11.6 Å². The number of hydrogen-bond donors (Lipinski definition) is 2. The van der Waals surface area contributed by atoms with Crippen LogP contribution in [0.3, 0.4) is 0 Å². The van der Waals surface area contributed by atoms with Crippen molar-refractivity contribution in [1.29, 1.82) is 0 Å². The third-order valence-electron chi connectivity index (χ3n) is 4.77. The van der Waals surface area contributed by atoms with Crippen LogP contribution in [0.15, 0.2) is 90.0 Å². The maximum absolute atomic E-state index is 12.9. The van der Waals surface area contributed by atoms with Gasteiger partial charge in [-0.15, -0.1) is 0 Å². The molecule has 2 N–H and O–H groups in total. The summed E-state index contributed by atoms with van der Waals surface area (Å²) >= 11 is 0. The first-order chi connectivity index (χ1) is 15.5. The number of nitro benzene ring substituents is 1. The molecule has 0 aliphatic rings. The van der Waals surface area contributed by atoms with Crippen LogP contribution >= 0.6 is 0 Å². The van der Waals surface area contributed by atoms with E-state index in [9.17, 15) is 19.7 Å². The van der Waals surface area contributed by atoms with Crippen LogP contribution < -0.4 is 10.7 Å². The lowest BCUT2D eigenvalue weighted by atomic mass is 9.90. The van der Waals surface area contributed by atoms with Gasteiger partial charge < -0.3 is 5.32 Å². The molecule has 0 saturated carbocycles. The Balaban J connectivity index is 1.64. The van der Waals surface area contributed by atoms with Crippen molar-refractivity contribution >= 4 is 23.2 Å². The molecule has 0 bridgehead atoms. The van der Waals surface area contributed by atoms with Gasteiger partial charge in [-0.05, 0) is 18.1 Å². The Labute approximate surface area is 185 Å². The number of hydrogen-bond acceptors (Lipinski definition) is 5. The van der Waals surface area contributed by atoms with Crippen LogP contribution in [0.1, 0.15) is 29.5 Å². The lowest BCUT2D eigenvalue weighted by molar-refractivity contribution is -0.384. The Hall–Kier alpha value is -4.33. The predicted octanol–water partition coefficient (Wildman–Crippen LogP) is 3.38. The van der Waals surface area contributed by atoms with Crippen molar-refractivity contribution in [2.24, 2.45) is 5.10 Å². The van der Waals surface area contributed by atoms with Gasteiger partial charge in [0.15, 0.2) is 0 Å². The standard InChI is InChI=1S/C24H22N4O4/c1-17(20-13-8-14-21(15-20)28(31)32)26-27-22(29)16-25-24(30)23(18-9-4-2-5-10-18)19-11-6-3-7-12-19/h2-15,23H,16H2,1H3,(H,25,30)(H,27,29). The number of amides is 2. The summed E-state index contributed by atoms with van der Waals surface area (Å²) in [6.07, 6.45) is 0. The van der Waals surface area contributed by atoms with Gasteiger partial charge >= 0.3 is 0 Å². The molecule has 32 heavy (non-hydrogen) atoms. The van der Waals surface area contributed by atoms with Crippen molar-refractivity contribution in [3.63, 3.8) is 0 Å². The lowest BCUT2D eigenvalue weighted by Crippen LogP contribution is -2.38. The largest absolute Gasteiger partial charge is 0.346 e. The fourth-order valence-corrected chi connectivity index (χ4v) is 3.15. The maximum Gasteiger partial charge on any atom is 0.270 e. The Morgan fingerprint density at radius 1 is 0.938 bits per heavy atom. The highest BCUT2D eigenvalue weighted by molar-refractivity contribution is 6.00. The van der Waals surface area contributed by atoms with Gasteiger partial charge in [-0.1, -0.05) is 72.8 Å². The summed E-state index contributed by atoms with van der Waals surface area (Å²) in [6, 6.07) is 24.6. The smallest absolute Gasteiger partial charge is 0.270 e. The molecule has 0 fully saturated rings. The number of hydrazone groups is 1. The second kappa shape index (κ2) is 10.6. The minimum atomic E-state index is -0.555. The van der Waals surface area contributed by atoms with Crippen LogP contribution in [0.5, 0.6) is 0 Å². The fraction of sp³-hybridized carbons (Fsp3) is 0.125. The highest BCUT2D eigenvalue weighted by atomic mass is 16.6. The molecule has 0 unspecified atom stereocenters. The quantitative estimate of drug-likeness (QED) is 0.324. The zero-order valence-electron chi connectivity index (χ0n) is 17.4. The summed E-state index contributed by atoms with van der Waals surface area (Å²) in [5.74, 6) is -1.37. The average molecular weight is 430 g/mol. The van der Waals surface area contributed by atoms with Crippen LogP contribution in [-0.2, 0) is 9.59 Å². The molecule has 0 spiro atoms. The average Bonchev–Trinajstić information content (AvgIpc) is 2.82. The minimum Gasteiger partial charge on any atom is -0.346 e. The van der Waals surface area contributed by atoms with E-state index in [0.29, 0.717) is 11.3 Å². The number of carbonyl (C=O) groups excluding carboxylic acids is 2. The van der Waals surface area contributed by atoms with Gasteiger partial charge in [-0.25, -0.2) is 5.43 Å². The second-order valence-electron chi connectivity index (χ2n) is 7.01. The first-order valence-electron chi connectivity index (χ1n) is 9.91.